The molecule has 0 saturated heterocycles. The summed E-state index contributed by atoms with van der Waals surface area (Å²) in [7, 11) is 3.02. The van der Waals surface area contributed by atoms with E-state index in [9.17, 15) is 4.79 Å². The SMILES string of the molecule is COc1cc(OC)c(NC(=O)COc2cc3sc(C)nc3c3sccc23)cc1Cl. The number of thiazole rings is 1. The number of nitrogens with zero attached hydrogens (tertiary/aromatic N) is 1. The Labute approximate surface area is 180 Å². The van der Waals surface area contributed by atoms with Crippen LogP contribution in [0.2, 0.25) is 5.02 Å². The van der Waals surface area contributed by atoms with Crippen LogP contribution >= 0.6 is 34.3 Å². The van der Waals surface area contributed by atoms with Crippen LogP contribution in [0.25, 0.3) is 20.3 Å². The first-order valence-corrected chi connectivity index (χ1v) is 10.7. The molecule has 0 aliphatic heterocycles. The number of rotatable bonds is 6. The van der Waals surface area contributed by atoms with E-state index in [1.54, 1.807) is 34.8 Å². The molecule has 150 valence electrons. The molecule has 4 aromatic rings. The second-order valence-corrected chi connectivity index (χ2v) is 8.70. The van der Waals surface area contributed by atoms with Crippen molar-refractivity contribution in [1.29, 1.82) is 0 Å². The summed E-state index contributed by atoms with van der Waals surface area (Å²) in [4.78, 5) is 17.1. The molecule has 9 heteroatoms. The molecule has 0 spiro atoms. The van der Waals surface area contributed by atoms with Gasteiger partial charge in [0, 0.05) is 17.5 Å². The van der Waals surface area contributed by atoms with E-state index >= 15 is 0 Å². The van der Waals surface area contributed by atoms with Gasteiger partial charge in [-0.3, -0.25) is 4.79 Å². The molecule has 1 N–H and O–H groups in total. The topological polar surface area (TPSA) is 69.7 Å². The molecule has 0 atom stereocenters. The molecule has 4 rings (SSSR count). The van der Waals surface area contributed by atoms with Crippen LogP contribution in [-0.2, 0) is 4.79 Å². The molecule has 1 amide bonds. The van der Waals surface area contributed by atoms with Crippen molar-refractivity contribution in [2.24, 2.45) is 0 Å². The van der Waals surface area contributed by atoms with Gasteiger partial charge >= 0.3 is 0 Å². The van der Waals surface area contributed by atoms with Crippen molar-refractivity contribution in [1.82, 2.24) is 4.98 Å². The number of aryl methyl sites for hydroxylation is 1. The first-order valence-electron chi connectivity index (χ1n) is 8.61. The average molecular weight is 449 g/mol. The van der Waals surface area contributed by atoms with Gasteiger partial charge in [0.15, 0.2) is 6.61 Å². The number of fused-ring (bicyclic) bond motifs is 3. The minimum atomic E-state index is -0.325. The van der Waals surface area contributed by atoms with Crippen molar-refractivity contribution in [3.05, 3.63) is 39.7 Å². The van der Waals surface area contributed by atoms with E-state index < -0.39 is 0 Å². The van der Waals surface area contributed by atoms with Crippen LogP contribution < -0.4 is 19.5 Å². The summed E-state index contributed by atoms with van der Waals surface area (Å²) in [6.45, 7) is 1.83. The summed E-state index contributed by atoms with van der Waals surface area (Å²) in [5, 5.41) is 7.08. The second-order valence-electron chi connectivity index (χ2n) is 6.14. The van der Waals surface area contributed by atoms with E-state index in [1.165, 1.54) is 14.2 Å². The zero-order valence-electron chi connectivity index (χ0n) is 15.9. The maximum Gasteiger partial charge on any atom is 0.262 e. The van der Waals surface area contributed by atoms with E-state index in [-0.39, 0.29) is 12.5 Å². The number of carbonyl (C=O) groups excluding carboxylic acids is 1. The fourth-order valence-electron chi connectivity index (χ4n) is 2.99. The Kier molecular flexibility index (Phi) is 5.49. The summed E-state index contributed by atoms with van der Waals surface area (Å²) >= 11 is 9.37. The van der Waals surface area contributed by atoms with Crippen LogP contribution in [0, 0.1) is 6.92 Å². The van der Waals surface area contributed by atoms with E-state index in [2.05, 4.69) is 10.3 Å². The molecule has 0 fully saturated rings. The monoisotopic (exact) mass is 448 g/mol. The van der Waals surface area contributed by atoms with Crippen molar-refractivity contribution >= 4 is 66.2 Å². The molecule has 2 aromatic carbocycles. The smallest absolute Gasteiger partial charge is 0.262 e. The first-order chi connectivity index (χ1) is 14.0. The molecular weight excluding hydrogens is 432 g/mol. The van der Waals surface area contributed by atoms with Gasteiger partial charge in [-0.25, -0.2) is 4.98 Å². The predicted molar refractivity (Wildman–Crippen MR) is 118 cm³/mol. The van der Waals surface area contributed by atoms with Gasteiger partial charge in [-0.15, -0.1) is 22.7 Å². The Balaban J connectivity index is 1.54. The molecule has 29 heavy (non-hydrogen) atoms. The van der Waals surface area contributed by atoms with E-state index in [4.69, 9.17) is 25.8 Å². The molecule has 0 bridgehead atoms. The zero-order valence-corrected chi connectivity index (χ0v) is 18.3. The lowest BCUT2D eigenvalue weighted by Gasteiger charge is -2.13. The molecule has 6 nitrogen and oxygen atoms in total. The molecule has 0 unspecified atom stereocenters. The van der Waals surface area contributed by atoms with Gasteiger partial charge in [0.25, 0.3) is 5.91 Å². The fraction of sp³-hybridized carbons (Fsp3) is 0.200. The Hall–Kier alpha value is -2.55. The number of hydrogen-bond donors (Lipinski definition) is 1. The van der Waals surface area contributed by atoms with Crippen LogP contribution in [0.4, 0.5) is 5.69 Å². The molecule has 2 heterocycles. The molecule has 2 aromatic heterocycles. The zero-order chi connectivity index (χ0) is 20.5. The van der Waals surface area contributed by atoms with Crippen molar-refractivity contribution in [2.45, 2.75) is 6.92 Å². The Morgan fingerprint density at radius 2 is 1.97 bits per heavy atom. The highest BCUT2D eigenvalue weighted by Crippen LogP contribution is 2.39. The third-order valence-corrected chi connectivity index (χ3v) is 6.41. The summed E-state index contributed by atoms with van der Waals surface area (Å²) in [6, 6.07) is 7.12. The van der Waals surface area contributed by atoms with E-state index in [0.717, 1.165) is 25.3 Å². The van der Waals surface area contributed by atoms with Gasteiger partial charge < -0.3 is 19.5 Å². The largest absolute Gasteiger partial charge is 0.495 e. The number of methoxy groups -OCH3 is 2. The van der Waals surface area contributed by atoms with E-state index in [0.29, 0.717) is 28.0 Å². The summed E-state index contributed by atoms with van der Waals surface area (Å²) in [5.74, 6) is 1.24. The molecule has 0 saturated carbocycles. The number of halogens is 1. The number of thiophene rings is 1. The van der Waals surface area contributed by atoms with Gasteiger partial charge in [-0.1, -0.05) is 11.6 Å². The number of aromatic nitrogens is 1. The third-order valence-electron chi connectivity index (χ3n) is 4.28. The van der Waals surface area contributed by atoms with Crippen molar-refractivity contribution < 1.29 is 19.0 Å². The van der Waals surface area contributed by atoms with Crippen LogP contribution in [0.5, 0.6) is 17.2 Å². The Morgan fingerprint density at radius 1 is 1.17 bits per heavy atom. The minimum absolute atomic E-state index is 0.152. The normalized spacial score (nSPS) is 11.0. The van der Waals surface area contributed by atoms with Crippen LogP contribution in [0.1, 0.15) is 5.01 Å². The quantitative estimate of drug-likeness (QED) is 0.421. The second kappa shape index (κ2) is 8.06. The van der Waals surface area contributed by atoms with Crippen LogP contribution in [0.15, 0.2) is 29.6 Å². The fourth-order valence-corrected chi connectivity index (χ4v) is 5.07. The van der Waals surface area contributed by atoms with Crippen molar-refractivity contribution in [3.8, 4) is 17.2 Å². The summed E-state index contributed by atoms with van der Waals surface area (Å²) < 4.78 is 18.4. The number of anilines is 1. The van der Waals surface area contributed by atoms with Crippen LogP contribution in [-0.4, -0.2) is 31.7 Å². The highest BCUT2D eigenvalue weighted by molar-refractivity contribution is 7.21. The average Bonchev–Trinajstić information content (AvgIpc) is 3.32. The summed E-state index contributed by atoms with van der Waals surface area (Å²) in [5.41, 5.74) is 1.42. The molecule has 0 aliphatic carbocycles. The Bertz CT molecular complexity index is 1220. The molecular formula is C20H17ClN2O4S2. The molecule has 0 aliphatic rings. The number of carbonyl (C=O) groups is 1. The first kappa shape index (κ1) is 19.8. The molecule has 0 radical (unpaired) electrons. The maximum atomic E-state index is 12.5. The van der Waals surface area contributed by atoms with Crippen molar-refractivity contribution in [2.75, 3.05) is 26.1 Å². The van der Waals surface area contributed by atoms with E-state index in [1.807, 2.05) is 24.4 Å². The standard InChI is InChI=1S/C20H17ClN2O4S2/c1-10-22-19-17(29-10)8-14(11-4-5-28-20(11)19)27-9-18(24)23-13-6-12(21)15(25-2)7-16(13)26-3/h4-8H,9H2,1-3H3,(H,23,24). The maximum absolute atomic E-state index is 12.5. The van der Waals surface area contributed by atoms with Gasteiger partial charge in [-0.05, 0) is 24.4 Å². The van der Waals surface area contributed by atoms with Gasteiger partial charge in [-0.2, -0.15) is 0 Å². The number of benzene rings is 2. The Morgan fingerprint density at radius 3 is 2.72 bits per heavy atom. The van der Waals surface area contributed by atoms with Crippen molar-refractivity contribution in [3.63, 3.8) is 0 Å². The third kappa shape index (κ3) is 3.83. The highest BCUT2D eigenvalue weighted by Gasteiger charge is 2.16. The number of nitrogens with one attached hydrogen (secondary N) is 1. The number of amides is 1. The lowest BCUT2D eigenvalue weighted by atomic mass is 10.2. The highest BCUT2D eigenvalue weighted by atomic mass is 35.5. The lowest BCUT2D eigenvalue weighted by Crippen LogP contribution is -2.20. The lowest BCUT2D eigenvalue weighted by molar-refractivity contribution is -0.118. The predicted octanol–water partition coefficient (Wildman–Crippen LogP) is 5.51. The van der Waals surface area contributed by atoms with Crippen LogP contribution in [0.3, 0.4) is 0 Å². The van der Waals surface area contributed by atoms with Gasteiger partial charge in [0.2, 0.25) is 0 Å². The van der Waals surface area contributed by atoms with Gasteiger partial charge in [0.05, 0.1) is 44.9 Å². The minimum Gasteiger partial charge on any atom is -0.495 e. The number of ether oxygens (including phenoxy) is 3. The summed E-state index contributed by atoms with van der Waals surface area (Å²) in [6.07, 6.45) is 0. The van der Waals surface area contributed by atoms with Gasteiger partial charge in [0.1, 0.15) is 17.2 Å². The number of hydrogen-bond acceptors (Lipinski definition) is 7.